The van der Waals surface area contributed by atoms with Gasteiger partial charge in [-0.05, 0) is 79.6 Å². The Morgan fingerprint density at radius 3 is 2.41 bits per heavy atom. The van der Waals surface area contributed by atoms with Crippen LogP contribution in [0, 0.1) is 19.7 Å². The Kier molecular flexibility index (Phi) is 4.10. The van der Waals surface area contributed by atoms with Crippen LogP contribution >= 0.6 is 11.6 Å². The molecule has 0 amide bonds. The maximum absolute atomic E-state index is 13.5. The molecule has 0 radical (unpaired) electrons. The Labute approximate surface area is 172 Å². The van der Waals surface area contributed by atoms with Gasteiger partial charge >= 0.3 is 0 Å². The van der Waals surface area contributed by atoms with E-state index in [0.29, 0.717) is 5.02 Å². The zero-order chi connectivity index (χ0) is 20.1. The van der Waals surface area contributed by atoms with E-state index in [1.165, 1.54) is 23.3 Å². The lowest BCUT2D eigenvalue weighted by molar-refractivity contribution is 0.628. The van der Waals surface area contributed by atoms with Crippen LogP contribution in [-0.2, 0) is 0 Å². The molecule has 5 heteroatoms. The van der Waals surface area contributed by atoms with E-state index in [1.54, 1.807) is 12.1 Å². The number of hydrogen-bond acceptors (Lipinski definition) is 2. The lowest BCUT2D eigenvalue weighted by Crippen LogP contribution is -1.98. The Hall–Kier alpha value is -3.24. The average molecular weight is 402 g/mol. The minimum absolute atomic E-state index is 0.276. The number of benzene rings is 3. The zero-order valence-corrected chi connectivity index (χ0v) is 16.7. The molecule has 0 spiro atoms. The zero-order valence-electron chi connectivity index (χ0n) is 15.9. The van der Waals surface area contributed by atoms with Crippen LogP contribution in [0.15, 0.2) is 66.9 Å². The fourth-order valence-corrected chi connectivity index (χ4v) is 3.79. The maximum Gasteiger partial charge on any atom is 0.123 e. The van der Waals surface area contributed by atoms with Gasteiger partial charge in [-0.1, -0.05) is 17.7 Å². The number of nitrogens with zero attached hydrogens (tertiary/aromatic N) is 3. The van der Waals surface area contributed by atoms with Gasteiger partial charge in [-0.3, -0.25) is 4.98 Å². The number of hydrogen-bond donors (Lipinski definition) is 0. The quantitative estimate of drug-likeness (QED) is 0.331. The van der Waals surface area contributed by atoms with E-state index < -0.39 is 0 Å². The van der Waals surface area contributed by atoms with Gasteiger partial charge in [0.1, 0.15) is 11.5 Å². The summed E-state index contributed by atoms with van der Waals surface area (Å²) in [5.41, 5.74) is 6.73. The molecule has 0 aliphatic carbocycles. The summed E-state index contributed by atoms with van der Waals surface area (Å²) < 4.78 is 15.4. The van der Waals surface area contributed by atoms with Gasteiger partial charge in [0.05, 0.1) is 16.7 Å². The summed E-state index contributed by atoms with van der Waals surface area (Å²) in [4.78, 5) is 4.61. The van der Waals surface area contributed by atoms with Crippen LogP contribution in [0.2, 0.25) is 5.02 Å². The second-order valence-corrected chi connectivity index (χ2v) is 7.65. The number of aryl methyl sites for hydroxylation is 2. The fraction of sp³-hybridized carbons (Fsp3) is 0.0833. The second kappa shape index (κ2) is 6.68. The van der Waals surface area contributed by atoms with Crippen molar-refractivity contribution in [3.05, 3.63) is 88.8 Å². The van der Waals surface area contributed by atoms with E-state index in [9.17, 15) is 4.39 Å². The van der Waals surface area contributed by atoms with Crippen LogP contribution in [0.4, 0.5) is 4.39 Å². The van der Waals surface area contributed by atoms with Gasteiger partial charge in [-0.15, -0.1) is 0 Å². The smallest absolute Gasteiger partial charge is 0.123 e. The van der Waals surface area contributed by atoms with E-state index >= 15 is 0 Å². The third kappa shape index (κ3) is 2.97. The summed E-state index contributed by atoms with van der Waals surface area (Å²) in [7, 11) is 0. The first-order valence-electron chi connectivity index (χ1n) is 9.32. The molecule has 0 saturated heterocycles. The highest BCUT2D eigenvalue weighted by Gasteiger charge is 2.17. The first-order chi connectivity index (χ1) is 14.0. The molecular weight excluding hydrogens is 385 g/mol. The lowest BCUT2D eigenvalue weighted by Gasteiger charge is -2.08. The summed E-state index contributed by atoms with van der Waals surface area (Å²) >= 11 is 6.31. The van der Waals surface area contributed by atoms with Gasteiger partial charge < -0.3 is 0 Å². The molecule has 0 aliphatic heterocycles. The minimum Gasteiger partial charge on any atom is -0.255 e. The van der Waals surface area contributed by atoms with Crippen molar-refractivity contribution >= 4 is 33.4 Å². The van der Waals surface area contributed by atoms with Crippen molar-refractivity contribution in [3.8, 4) is 16.9 Å². The first kappa shape index (κ1) is 17.8. The Morgan fingerprint density at radius 2 is 1.66 bits per heavy atom. The van der Waals surface area contributed by atoms with Crippen LogP contribution in [-0.4, -0.2) is 14.8 Å². The van der Waals surface area contributed by atoms with Gasteiger partial charge in [0.15, 0.2) is 0 Å². The largest absolute Gasteiger partial charge is 0.255 e. The van der Waals surface area contributed by atoms with E-state index in [-0.39, 0.29) is 5.82 Å². The first-order valence-corrected chi connectivity index (χ1v) is 9.69. The number of fused-ring (bicyclic) bond motifs is 3. The van der Waals surface area contributed by atoms with Crippen molar-refractivity contribution in [2.75, 3.05) is 0 Å². The molecule has 0 unspecified atom stereocenters. The molecule has 29 heavy (non-hydrogen) atoms. The molecule has 142 valence electrons. The second-order valence-electron chi connectivity index (χ2n) is 7.22. The SMILES string of the molecule is Cc1ccc(-n2nc(-c3ccc(F)cc3)c3cnc4ccc(Cl)cc4c32)cc1C. The van der Waals surface area contributed by atoms with Crippen LogP contribution in [0.5, 0.6) is 0 Å². The van der Waals surface area contributed by atoms with E-state index in [1.807, 2.05) is 29.1 Å². The van der Waals surface area contributed by atoms with Gasteiger partial charge in [0.2, 0.25) is 0 Å². The molecule has 2 aromatic heterocycles. The summed E-state index contributed by atoms with van der Waals surface area (Å²) in [5.74, 6) is -0.276. The topological polar surface area (TPSA) is 30.7 Å². The van der Waals surface area contributed by atoms with Crippen molar-refractivity contribution < 1.29 is 4.39 Å². The monoisotopic (exact) mass is 401 g/mol. The Balaban J connectivity index is 1.90. The molecule has 0 saturated carbocycles. The highest BCUT2D eigenvalue weighted by Crippen LogP contribution is 2.35. The predicted molar refractivity (Wildman–Crippen MR) is 116 cm³/mol. The summed E-state index contributed by atoms with van der Waals surface area (Å²) in [5, 5.41) is 7.38. The van der Waals surface area contributed by atoms with Crippen molar-refractivity contribution in [1.82, 2.24) is 14.8 Å². The highest BCUT2D eigenvalue weighted by molar-refractivity contribution is 6.31. The normalized spacial score (nSPS) is 11.4. The Bertz CT molecular complexity index is 1390. The van der Waals surface area contributed by atoms with Crippen molar-refractivity contribution in [1.29, 1.82) is 0 Å². The molecule has 2 heterocycles. The molecule has 0 N–H and O–H groups in total. The number of pyridine rings is 1. The summed E-state index contributed by atoms with van der Waals surface area (Å²) in [6, 6.07) is 18.3. The molecule has 5 aromatic rings. The maximum atomic E-state index is 13.5. The summed E-state index contributed by atoms with van der Waals surface area (Å²) in [6.07, 6.45) is 1.83. The van der Waals surface area contributed by atoms with E-state index in [2.05, 4.69) is 37.0 Å². The van der Waals surface area contributed by atoms with Gasteiger partial charge in [0, 0.05) is 27.6 Å². The van der Waals surface area contributed by atoms with E-state index in [4.69, 9.17) is 16.7 Å². The van der Waals surface area contributed by atoms with Crippen LogP contribution in [0.3, 0.4) is 0 Å². The van der Waals surface area contributed by atoms with Gasteiger partial charge in [0.25, 0.3) is 0 Å². The average Bonchev–Trinajstić information content (AvgIpc) is 3.11. The number of aromatic nitrogens is 3. The van der Waals surface area contributed by atoms with Crippen LogP contribution in [0.1, 0.15) is 11.1 Å². The third-order valence-corrected chi connectivity index (χ3v) is 5.56. The molecule has 0 bridgehead atoms. The molecular formula is C24H17ClFN3. The molecule has 3 nitrogen and oxygen atoms in total. The number of rotatable bonds is 2. The lowest BCUT2D eigenvalue weighted by atomic mass is 10.1. The Morgan fingerprint density at radius 1 is 0.862 bits per heavy atom. The molecule has 3 aromatic carbocycles. The molecule has 0 fully saturated rings. The predicted octanol–water partition coefficient (Wildman–Crippen LogP) is 6.65. The van der Waals surface area contributed by atoms with Gasteiger partial charge in [-0.25, -0.2) is 9.07 Å². The van der Waals surface area contributed by atoms with E-state index in [0.717, 1.165) is 38.8 Å². The number of halogens is 2. The molecule has 0 atom stereocenters. The van der Waals surface area contributed by atoms with Crippen LogP contribution in [0.25, 0.3) is 38.8 Å². The van der Waals surface area contributed by atoms with Crippen molar-refractivity contribution in [2.45, 2.75) is 13.8 Å². The third-order valence-electron chi connectivity index (χ3n) is 5.32. The van der Waals surface area contributed by atoms with Crippen molar-refractivity contribution in [3.63, 3.8) is 0 Å². The highest BCUT2D eigenvalue weighted by atomic mass is 35.5. The molecule has 0 aliphatic rings. The molecule has 5 rings (SSSR count). The fourth-order valence-electron chi connectivity index (χ4n) is 3.62. The minimum atomic E-state index is -0.276. The van der Waals surface area contributed by atoms with Crippen LogP contribution < -0.4 is 0 Å². The van der Waals surface area contributed by atoms with Crippen molar-refractivity contribution in [2.24, 2.45) is 0 Å². The summed E-state index contributed by atoms with van der Waals surface area (Å²) in [6.45, 7) is 4.17. The van der Waals surface area contributed by atoms with Gasteiger partial charge in [-0.2, -0.15) is 5.10 Å². The standard InChI is InChI=1S/C24H17ClFN3/c1-14-3-9-19(11-15(14)2)29-24-20-12-17(25)6-10-22(20)27-13-21(24)23(28-29)16-4-7-18(26)8-5-16/h3-13H,1-2H3.